The number of carbonyl (C=O) groups excluding carboxylic acids is 1. The number of nitrogens with one attached hydrogen (secondary N) is 1. The van der Waals surface area contributed by atoms with Gasteiger partial charge < -0.3 is 5.32 Å². The molecular formula is C23H19F3N4OS. The Balaban J connectivity index is 1.53. The van der Waals surface area contributed by atoms with Crippen LogP contribution >= 0.6 is 11.3 Å². The van der Waals surface area contributed by atoms with Gasteiger partial charge in [-0.15, -0.1) is 11.3 Å². The number of anilines is 1. The Labute approximate surface area is 186 Å². The molecule has 0 atom stereocenters. The van der Waals surface area contributed by atoms with Crippen LogP contribution in [0.3, 0.4) is 0 Å². The summed E-state index contributed by atoms with van der Waals surface area (Å²) < 4.78 is 40.4. The molecule has 0 spiro atoms. The highest BCUT2D eigenvalue weighted by Gasteiger charge is 2.30. The van der Waals surface area contributed by atoms with E-state index >= 15 is 0 Å². The number of halogens is 3. The minimum absolute atomic E-state index is 0.00910. The van der Waals surface area contributed by atoms with Crippen LogP contribution in [0.2, 0.25) is 0 Å². The van der Waals surface area contributed by atoms with Crippen molar-refractivity contribution in [3.05, 3.63) is 82.5 Å². The summed E-state index contributed by atoms with van der Waals surface area (Å²) in [4.78, 5) is 17.2. The molecule has 1 amide bonds. The summed E-state index contributed by atoms with van der Waals surface area (Å²) >= 11 is 1.44. The third-order valence-electron chi connectivity index (χ3n) is 4.99. The van der Waals surface area contributed by atoms with Crippen LogP contribution in [0.15, 0.2) is 60.0 Å². The van der Waals surface area contributed by atoms with Gasteiger partial charge in [-0.3, -0.25) is 4.79 Å². The molecule has 2 aromatic carbocycles. The van der Waals surface area contributed by atoms with E-state index in [1.165, 1.54) is 23.5 Å². The van der Waals surface area contributed by atoms with Gasteiger partial charge in [-0.05, 0) is 32.0 Å². The Hall–Kier alpha value is -3.46. The van der Waals surface area contributed by atoms with Crippen molar-refractivity contribution >= 4 is 22.9 Å². The van der Waals surface area contributed by atoms with E-state index in [1.807, 2.05) is 42.6 Å². The zero-order valence-electron chi connectivity index (χ0n) is 17.3. The number of benzene rings is 2. The van der Waals surface area contributed by atoms with Crippen molar-refractivity contribution in [2.45, 2.75) is 26.4 Å². The SMILES string of the molecule is Cc1nn(-c2nc(-c3ccccc3)cs2)c(C)c1CC(=O)Nc1cccc(C(F)(F)F)c1. The number of thiazole rings is 1. The fraction of sp³-hybridized carbons (Fsp3) is 0.174. The van der Waals surface area contributed by atoms with Crippen LogP contribution < -0.4 is 5.32 Å². The van der Waals surface area contributed by atoms with Crippen molar-refractivity contribution < 1.29 is 18.0 Å². The quantitative estimate of drug-likeness (QED) is 0.412. The number of carbonyl (C=O) groups is 1. The fourth-order valence-electron chi connectivity index (χ4n) is 3.36. The Kier molecular flexibility index (Phi) is 5.84. The van der Waals surface area contributed by atoms with Gasteiger partial charge in [0.25, 0.3) is 0 Å². The van der Waals surface area contributed by atoms with Crippen LogP contribution in [-0.4, -0.2) is 20.7 Å². The van der Waals surface area contributed by atoms with Crippen molar-refractivity contribution in [3.8, 4) is 16.4 Å². The van der Waals surface area contributed by atoms with Crippen LogP contribution in [0.1, 0.15) is 22.5 Å². The molecule has 0 radical (unpaired) electrons. The lowest BCUT2D eigenvalue weighted by atomic mass is 10.1. The Morgan fingerprint density at radius 1 is 1.09 bits per heavy atom. The number of nitrogens with zero attached hydrogens (tertiary/aromatic N) is 3. The number of amides is 1. The van der Waals surface area contributed by atoms with Gasteiger partial charge in [0.1, 0.15) is 0 Å². The number of hydrogen-bond donors (Lipinski definition) is 1. The van der Waals surface area contributed by atoms with E-state index in [0.29, 0.717) is 16.4 Å². The maximum absolute atomic E-state index is 12.9. The lowest BCUT2D eigenvalue weighted by Gasteiger charge is -2.10. The normalized spacial score (nSPS) is 11.5. The van der Waals surface area contributed by atoms with E-state index in [-0.39, 0.29) is 12.1 Å². The molecule has 164 valence electrons. The summed E-state index contributed by atoms with van der Waals surface area (Å²) in [7, 11) is 0. The summed E-state index contributed by atoms with van der Waals surface area (Å²) in [6, 6.07) is 14.4. The van der Waals surface area contributed by atoms with Gasteiger partial charge in [-0.2, -0.15) is 18.3 Å². The number of rotatable bonds is 5. The first-order valence-electron chi connectivity index (χ1n) is 9.76. The molecule has 9 heteroatoms. The van der Waals surface area contributed by atoms with E-state index in [0.717, 1.165) is 29.1 Å². The zero-order valence-corrected chi connectivity index (χ0v) is 18.1. The number of alkyl halides is 3. The highest BCUT2D eigenvalue weighted by molar-refractivity contribution is 7.12. The number of aryl methyl sites for hydroxylation is 1. The first-order valence-corrected chi connectivity index (χ1v) is 10.6. The standard InChI is InChI=1S/C23H19F3N4OS/c1-14-19(12-21(31)27-18-10-6-9-17(11-18)23(24,25)26)15(2)30(29-14)22-28-20(13-32-22)16-7-4-3-5-8-16/h3-11,13H,12H2,1-2H3,(H,27,31). The predicted octanol–water partition coefficient (Wildman–Crippen LogP) is 5.81. The molecule has 0 unspecified atom stereocenters. The third kappa shape index (κ3) is 4.57. The second-order valence-corrected chi connectivity index (χ2v) is 8.08. The minimum atomic E-state index is -4.47. The lowest BCUT2D eigenvalue weighted by Crippen LogP contribution is -2.16. The molecule has 32 heavy (non-hydrogen) atoms. The molecule has 0 fully saturated rings. The molecule has 4 aromatic rings. The second-order valence-electron chi connectivity index (χ2n) is 7.25. The van der Waals surface area contributed by atoms with E-state index in [9.17, 15) is 18.0 Å². The maximum Gasteiger partial charge on any atom is 0.416 e. The second kappa shape index (κ2) is 8.58. The van der Waals surface area contributed by atoms with E-state index in [1.54, 1.807) is 11.6 Å². The van der Waals surface area contributed by atoms with Gasteiger partial charge in [-0.25, -0.2) is 9.67 Å². The molecule has 0 aliphatic rings. The minimum Gasteiger partial charge on any atom is -0.326 e. The molecule has 0 saturated carbocycles. The summed E-state index contributed by atoms with van der Waals surface area (Å²) in [5, 5.41) is 9.69. The monoisotopic (exact) mass is 456 g/mol. The largest absolute Gasteiger partial charge is 0.416 e. The van der Waals surface area contributed by atoms with E-state index in [4.69, 9.17) is 0 Å². The van der Waals surface area contributed by atoms with Gasteiger partial charge in [0.05, 0.1) is 23.4 Å². The summed E-state index contributed by atoms with van der Waals surface area (Å²) in [6.07, 6.45) is -4.48. The fourth-order valence-corrected chi connectivity index (χ4v) is 4.19. The van der Waals surface area contributed by atoms with Crippen molar-refractivity contribution in [2.75, 3.05) is 5.32 Å². The zero-order chi connectivity index (χ0) is 22.9. The van der Waals surface area contributed by atoms with Gasteiger partial charge >= 0.3 is 6.18 Å². The number of hydrogen-bond acceptors (Lipinski definition) is 4. The molecule has 0 bridgehead atoms. The van der Waals surface area contributed by atoms with Gasteiger partial charge in [-0.1, -0.05) is 36.4 Å². The van der Waals surface area contributed by atoms with Gasteiger partial charge in [0, 0.05) is 27.9 Å². The van der Waals surface area contributed by atoms with Crippen LogP contribution in [0, 0.1) is 13.8 Å². The maximum atomic E-state index is 12.9. The molecule has 5 nitrogen and oxygen atoms in total. The molecule has 0 saturated heterocycles. The van der Waals surface area contributed by atoms with Crippen molar-refractivity contribution in [3.63, 3.8) is 0 Å². The van der Waals surface area contributed by atoms with Crippen molar-refractivity contribution in [2.24, 2.45) is 0 Å². The molecule has 0 aliphatic carbocycles. The molecule has 0 aliphatic heterocycles. The molecular weight excluding hydrogens is 437 g/mol. The average Bonchev–Trinajstić information content (AvgIpc) is 3.35. The third-order valence-corrected chi connectivity index (χ3v) is 5.81. The first-order chi connectivity index (χ1) is 15.2. The predicted molar refractivity (Wildman–Crippen MR) is 118 cm³/mol. The molecule has 1 N–H and O–H groups in total. The van der Waals surface area contributed by atoms with Crippen LogP contribution in [0.25, 0.3) is 16.4 Å². The van der Waals surface area contributed by atoms with Crippen LogP contribution in [-0.2, 0) is 17.4 Å². The Morgan fingerprint density at radius 3 is 2.56 bits per heavy atom. The van der Waals surface area contributed by atoms with Crippen molar-refractivity contribution in [1.82, 2.24) is 14.8 Å². The van der Waals surface area contributed by atoms with Crippen molar-refractivity contribution in [1.29, 1.82) is 0 Å². The van der Waals surface area contributed by atoms with Gasteiger partial charge in [0.2, 0.25) is 11.0 Å². The van der Waals surface area contributed by atoms with E-state index < -0.39 is 17.6 Å². The summed E-state index contributed by atoms with van der Waals surface area (Å²) in [5.74, 6) is -0.417. The first kappa shape index (κ1) is 21.8. The Bertz CT molecular complexity index is 1260. The highest BCUT2D eigenvalue weighted by atomic mass is 32.1. The molecule has 2 aromatic heterocycles. The number of aromatic nitrogens is 3. The summed E-state index contributed by atoms with van der Waals surface area (Å²) in [5.41, 5.74) is 3.26. The smallest absolute Gasteiger partial charge is 0.326 e. The molecule has 2 heterocycles. The highest BCUT2D eigenvalue weighted by Crippen LogP contribution is 2.31. The Morgan fingerprint density at radius 2 is 1.84 bits per heavy atom. The van der Waals surface area contributed by atoms with Gasteiger partial charge in [0.15, 0.2) is 0 Å². The van der Waals surface area contributed by atoms with Crippen LogP contribution in [0.5, 0.6) is 0 Å². The molecule has 4 rings (SSSR count). The summed E-state index contributed by atoms with van der Waals surface area (Å²) in [6.45, 7) is 3.64. The van der Waals surface area contributed by atoms with Crippen LogP contribution in [0.4, 0.5) is 18.9 Å². The van der Waals surface area contributed by atoms with E-state index in [2.05, 4.69) is 15.4 Å². The average molecular weight is 456 g/mol. The lowest BCUT2D eigenvalue weighted by molar-refractivity contribution is -0.137. The topological polar surface area (TPSA) is 59.8 Å².